The number of esters is 1. The van der Waals surface area contributed by atoms with Gasteiger partial charge in [-0.15, -0.1) is 0 Å². The maximum absolute atomic E-state index is 12.4. The molecule has 10 heteroatoms. The highest BCUT2D eigenvalue weighted by Crippen LogP contribution is 2.09. The number of aryl methyl sites for hydroxylation is 2. The van der Waals surface area contributed by atoms with Gasteiger partial charge in [0.2, 0.25) is 0 Å². The number of carbonyl (C=O) groups excluding carboxylic acids is 2. The van der Waals surface area contributed by atoms with Gasteiger partial charge in [-0.25, -0.2) is 9.78 Å². The first kappa shape index (κ1) is 21.0. The summed E-state index contributed by atoms with van der Waals surface area (Å²) in [5.74, 6) is -0.935. The summed E-state index contributed by atoms with van der Waals surface area (Å²) in [7, 11) is 2.95. The van der Waals surface area contributed by atoms with Crippen LogP contribution in [0.3, 0.4) is 0 Å². The molecule has 1 amide bonds. The molecule has 3 rings (SSSR count). The Balaban J connectivity index is 1.56. The zero-order valence-electron chi connectivity index (χ0n) is 17.0. The molecule has 30 heavy (non-hydrogen) atoms. The minimum Gasteiger partial charge on any atom is -0.453 e. The van der Waals surface area contributed by atoms with Crippen molar-refractivity contribution >= 4 is 28.7 Å². The van der Waals surface area contributed by atoms with Gasteiger partial charge in [0, 0.05) is 32.7 Å². The second-order valence-electron chi connectivity index (χ2n) is 6.91. The lowest BCUT2D eigenvalue weighted by Gasteiger charge is -2.13. The van der Waals surface area contributed by atoms with Crippen molar-refractivity contribution in [1.82, 2.24) is 18.7 Å². The molecule has 0 saturated carbocycles. The Hall–Kier alpha value is -3.69. The maximum Gasteiger partial charge on any atom is 0.332 e. The minimum absolute atomic E-state index is 0.0642. The molecule has 3 aromatic rings. The Morgan fingerprint density at radius 3 is 2.53 bits per heavy atom. The molecular weight excluding hydrogens is 390 g/mol. The van der Waals surface area contributed by atoms with Crippen LogP contribution >= 0.6 is 0 Å². The average Bonchev–Trinajstić information content (AvgIpc) is 3.15. The van der Waals surface area contributed by atoms with E-state index in [4.69, 9.17) is 4.74 Å². The summed E-state index contributed by atoms with van der Waals surface area (Å²) in [6, 6.07) is 8.89. The van der Waals surface area contributed by atoms with Crippen LogP contribution in [0.25, 0.3) is 11.2 Å². The number of hydrogen-bond donors (Lipinski definition) is 1. The highest BCUT2D eigenvalue weighted by Gasteiger charge is 2.18. The van der Waals surface area contributed by atoms with Crippen molar-refractivity contribution < 1.29 is 14.3 Å². The van der Waals surface area contributed by atoms with E-state index in [1.54, 1.807) is 35.9 Å². The molecule has 0 unspecified atom stereocenters. The highest BCUT2D eigenvalue weighted by molar-refractivity contribution is 5.95. The molecule has 0 bridgehead atoms. The first-order valence-electron chi connectivity index (χ1n) is 9.46. The van der Waals surface area contributed by atoms with Crippen LogP contribution in [0.4, 0.5) is 5.69 Å². The van der Waals surface area contributed by atoms with Crippen molar-refractivity contribution in [3.63, 3.8) is 0 Å². The number of aromatic nitrogens is 4. The van der Waals surface area contributed by atoms with Crippen molar-refractivity contribution in [2.75, 3.05) is 5.32 Å². The number of amides is 1. The molecule has 2 heterocycles. The molecule has 10 nitrogen and oxygen atoms in total. The summed E-state index contributed by atoms with van der Waals surface area (Å²) in [6.07, 6.45) is 0.971. The summed E-state index contributed by atoms with van der Waals surface area (Å²) in [4.78, 5) is 52.7. The predicted octanol–water partition coefficient (Wildman–Crippen LogP) is 0.784. The Bertz CT molecular complexity index is 1190. The molecule has 0 radical (unpaired) electrons. The van der Waals surface area contributed by atoms with E-state index in [2.05, 4.69) is 10.3 Å². The second-order valence-corrected chi connectivity index (χ2v) is 6.91. The van der Waals surface area contributed by atoms with E-state index in [1.165, 1.54) is 24.9 Å². The highest BCUT2D eigenvalue weighted by atomic mass is 16.5. The minimum atomic E-state index is -0.936. The first-order valence-corrected chi connectivity index (χ1v) is 9.46. The van der Waals surface area contributed by atoms with Gasteiger partial charge in [-0.2, -0.15) is 0 Å². The molecule has 0 aliphatic carbocycles. The van der Waals surface area contributed by atoms with Crippen LogP contribution in [0.5, 0.6) is 0 Å². The number of rotatable bonds is 7. The second kappa shape index (κ2) is 8.76. The molecule has 0 fully saturated rings. The molecule has 1 atom stereocenters. The third-order valence-electron chi connectivity index (χ3n) is 4.72. The quantitative estimate of drug-likeness (QED) is 0.572. The molecule has 1 N–H and O–H groups in total. The van der Waals surface area contributed by atoms with Crippen molar-refractivity contribution in [2.45, 2.75) is 32.4 Å². The Morgan fingerprint density at radius 1 is 1.13 bits per heavy atom. The van der Waals surface area contributed by atoms with Crippen molar-refractivity contribution in [1.29, 1.82) is 0 Å². The number of benzene rings is 1. The standard InChI is InChI=1S/C20H23N5O5/c1-13(18(27)22-14-8-5-4-6-9-14)30-15(26)10-7-11-25-12-21-17-16(25)19(28)24(3)20(29)23(17)2/h4-6,8-9,12-13H,7,10-11H2,1-3H3,(H,22,27)/t13-/m0/s1. The molecule has 0 spiro atoms. The number of anilines is 1. The van der Waals surface area contributed by atoms with Crippen molar-refractivity contribution in [3.8, 4) is 0 Å². The molecule has 0 aliphatic rings. The van der Waals surface area contributed by atoms with Gasteiger partial charge in [0.1, 0.15) is 0 Å². The van der Waals surface area contributed by atoms with Gasteiger partial charge in [-0.3, -0.25) is 23.5 Å². The maximum atomic E-state index is 12.4. The lowest BCUT2D eigenvalue weighted by atomic mass is 10.3. The van der Waals surface area contributed by atoms with Gasteiger partial charge >= 0.3 is 11.7 Å². The Morgan fingerprint density at radius 2 is 1.83 bits per heavy atom. The van der Waals surface area contributed by atoms with E-state index < -0.39 is 29.2 Å². The summed E-state index contributed by atoms with van der Waals surface area (Å²) in [5, 5.41) is 2.67. The van der Waals surface area contributed by atoms with E-state index >= 15 is 0 Å². The zero-order valence-corrected chi connectivity index (χ0v) is 17.0. The van der Waals surface area contributed by atoms with Crippen LogP contribution in [0.2, 0.25) is 0 Å². The van der Waals surface area contributed by atoms with E-state index in [1.807, 2.05) is 6.07 Å². The molecular formula is C20H23N5O5. The number of nitrogens with zero attached hydrogens (tertiary/aromatic N) is 4. The summed E-state index contributed by atoms with van der Waals surface area (Å²) >= 11 is 0. The van der Waals surface area contributed by atoms with Crippen LogP contribution in [0, 0.1) is 0 Å². The van der Waals surface area contributed by atoms with Crippen LogP contribution in [0.15, 0.2) is 46.2 Å². The van der Waals surface area contributed by atoms with Crippen LogP contribution in [0.1, 0.15) is 19.8 Å². The third-order valence-corrected chi connectivity index (χ3v) is 4.72. The number of para-hydroxylation sites is 1. The average molecular weight is 413 g/mol. The van der Waals surface area contributed by atoms with Crippen LogP contribution in [-0.4, -0.2) is 36.7 Å². The number of imidazole rings is 1. The summed E-state index contributed by atoms with van der Waals surface area (Å²) in [6.45, 7) is 1.84. The molecule has 0 aliphatic heterocycles. The Labute approximate surface area is 171 Å². The SMILES string of the molecule is C[C@H](OC(=O)CCCn1cnc2c1c(=O)n(C)c(=O)n2C)C(=O)Nc1ccccc1. The number of fused-ring (bicyclic) bond motifs is 1. The number of hydrogen-bond acceptors (Lipinski definition) is 6. The monoisotopic (exact) mass is 413 g/mol. The van der Waals surface area contributed by atoms with Crippen molar-refractivity contribution in [3.05, 3.63) is 57.5 Å². The molecule has 1 aromatic carbocycles. The fraction of sp³-hybridized carbons (Fsp3) is 0.350. The van der Waals surface area contributed by atoms with Gasteiger partial charge in [0.25, 0.3) is 11.5 Å². The molecule has 0 saturated heterocycles. The normalized spacial score (nSPS) is 12.0. The Kier molecular flexibility index (Phi) is 6.14. The fourth-order valence-corrected chi connectivity index (χ4v) is 3.04. The van der Waals surface area contributed by atoms with Gasteiger partial charge in [-0.05, 0) is 25.5 Å². The van der Waals surface area contributed by atoms with Crippen LogP contribution < -0.4 is 16.6 Å². The van der Waals surface area contributed by atoms with E-state index in [0.29, 0.717) is 24.2 Å². The number of nitrogens with one attached hydrogen (secondary N) is 1. The summed E-state index contributed by atoms with van der Waals surface area (Å²) < 4.78 is 9.10. The van der Waals surface area contributed by atoms with Gasteiger partial charge in [-0.1, -0.05) is 18.2 Å². The van der Waals surface area contributed by atoms with Gasteiger partial charge in [0.15, 0.2) is 17.3 Å². The van der Waals surface area contributed by atoms with Crippen LogP contribution in [-0.2, 0) is 35.0 Å². The van der Waals surface area contributed by atoms with E-state index in [-0.39, 0.29) is 12.1 Å². The molecule has 158 valence electrons. The number of carbonyl (C=O) groups is 2. The zero-order chi connectivity index (χ0) is 21.8. The van der Waals surface area contributed by atoms with Gasteiger partial charge in [0.05, 0.1) is 6.33 Å². The predicted molar refractivity (Wildman–Crippen MR) is 110 cm³/mol. The van der Waals surface area contributed by atoms with Crippen molar-refractivity contribution in [2.24, 2.45) is 14.1 Å². The van der Waals surface area contributed by atoms with E-state index in [9.17, 15) is 19.2 Å². The van der Waals surface area contributed by atoms with Gasteiger partial charge < -0.3 is 14.6 Å². The fourth-order valence-electron chi connectivity index (χ4n) is 3.04. The lowest BCUT2D eigenvalue weighted by molar-refractivity contribution is -0.153. The smallest absolute Gasteiger partial charge is 0.332 e. The largest absolute Gasteiger partial charge is 0.453 e. The topological polar surface area (TPSA) is 117 Å². The lowest BCUT2D eigenvalue weighted by Crippen LogP contribution is -2.37. The third kappa shape index (κ3) is 4.32. The molecule has 2 aromatic heterocycles. The number of ether oxygens (including phenoxy) is 1. The first-order chi connectivity index (χ1) is 14.3. The van der Waals surface area contributed by atoms with E-state index in [0.717, 1.165) is 4.57 Å². The summed E-state index contributed by atoms with van der Waals surface area (Å²) in [5.41, 5.74) is 0.303.